The Morgan fingerprint density at radius 2 is 0.920 bits per heavy atom. The monoisotopic (exact) mass is 975 g/mol. The molecular formula is C70H50BN3S. The van der Waals surface area contributed by atoms with Gasteiger partial charge in [0.25, 0.3) is 0 Å². The number of para-hydroxylation sites is 4. The highest BCUT2D eigenvalue weighted by molar-refractivity contribution is 8.00. The van der Waals surface area contributed by atoms with Gasteiger partial charge >= 0.3 is 0 Å². The third-order valence-electron chi connectivity index (χ3n) is 15.9. The standard InChI is InChI=1S/C70H50BN3S/c1-70(2,3)49-36-38-62-56(40-49)54-29-16-19-34-61(54)73(62)51-41-65-68-67(42-51)75-66-43-57-55-30-17-18-33-60(55)72(50-27-14-7-15-28-50)63(57)44-59(66)71(68)58-37-35-48(45-21-8-4-9-22-45)39-64(58)74(65)69-52(46-23-10-5-11-24-46)31-20-32-53(69)47-25-12-6-13-26-47/h4-44H,1-3H3. The Bertz CT molecular complexity index is 4360. The van der Waals surface area contributed by atoms with Crippen molar-refractivity contribution in [3.8, 4) is 44.8 Å². The number of rotatable bonds is 6. The van der Waals surface area contributed by atoms with Crippen molar-refractivity contribution >= 4 is 95.5 Å². The molecular weight excluding hydrogens is 926 g/mol. The molecule has 0 unspecified atom stereocenters. The van der Waals surface area contributed by atoms with Crippen LogP contribution in [0.1, 0.15) is 26.3 Å². The average molecular weight is 976 g/mol. The van der Waals surface area contributed by atoms with E-state index in [0.717, 1.165) is 17.1 Å². The van der Waals surface area contributed by atoms with Crippen LogP contribution in [0.15, 0.2) is 259 Å². The van der Waals surface area contributed by atoms with Crippen molar-refractivity contribution < 1.29 is 0 Å². The Balaban J connectivity index is 1.09. The van der Waals surface area contributed by atoms with Crippen molar-refractivity contribution in [1.29, 1.82) is 0 Å². The Morgan fingerprint density at radius 1 is 0.360 bits per heavy atom. The van der Waals surface area contributed by atoms with Crippen LogP contribution in [-0.2, 0) is 5.41 Å². The van der Waals surface area contributed by atoms with Gasteiger partial charge < -0.3 is 14.0 Å². The van der Waals surface area contributed by atoms with Gasteiger partial charge in [-0.3, -0.25) is 0 Å². The molecule has 0 aliphatic carbocycles. The molecule has 75 heavy (non-hydrogen) atoms. The molecule has 0 fully saturated rings. The second kappa shape index (κ2) is 16.9. The fraction of sp³-hybridized carbons (Fsp3) is 0.0571. The van der Waals surface area contributed by atoms with Crippen LogP contribution >= 0.6 is 11.8 Å². The summed E-state index contributed by atoms with van der Waals surface area (Å²) in [5.41, 5.74) is 23.0. The second-order valence-electron chi connectivity index (χ2n) is 21.3. The zero-order valence-corrected chi connectivity index (χ0v) is 42.8. The van der Waals surface area contributed by atoms with E-state index >= 15 is 0 Å². The number of anilines is 3. The van der Waals surface area contributed by atoms with Gasteiger partial charge in [0.2, 0.25) is 6.71 Å². The van der Waals surface area contributed by atoms with Crippen molar-refractivity contribution in [2.45, 2.75) is 36.0 Å². The summed E-state index contributed by atoms with van der Waals surface area (Å²) in [6.07, 6.45) is 0. The lowest BCUT2D eigenvalue weighted by atomic mass is 9.34. The summed E-state index contributed by atoms with van der Waals surface area (Å²) < 4.78 is 5.00. The molecule has 5 heteroatoms. The SMILES string of the molecule is CC(C)(C)c1ccc2c(c1)c1ccccc1n2-c1cc2c3c(c1)N(c1c(-c4ccccc4)cccc1-c1ccccc1)c1cc(-c4ccccc4)ccc1B3c1cc3c(cc1S2)c1ccccc1n3-c1ccccc1. The Labute approximate surface area is 442 Å². The molecule has 0 saturated heterocycles. The van der Waals surface area contributed by atoms with Gasteiger partial charge in [0.05, 0.1) is 27.8 Å². The van der Waals surface area contributed by atoms with E-state index in [1.165, 1.54) is 120 Å². The number of benzene rings is 11. The highest BCUT2D eigenvalue weighted by Gasteiger charge is 2.43. The largest absolute Gasteiger partial charge is 0.310 e. The molecule has 0 radical (unpaired) electrons. The fourth-order valence-corrected chi connectivity index (χ4v) is 13.7. The first kappa shape index (κ1) is 43.8. The summed E-state index contributed by atoms with van der Waals surface area (Å²) in [5.74, 6) is 0. The van der Waals surface area contributed by atoms with Gasteiger partial charge in [-0.1, -0.05) is 220 Å². The van der Waals surface area contributed by atoms with Crippen LogP contribution in [-0.4, -0.2) is 15.8 Å². The molecule has 0 atom stereocenters. The number of aromatic nitrogens is 2. The van der Waals surface area contributed by atoms with Gasteiger partial charge in [-0.05, 0) is 111 Å². The Kier molecular flexibility index (Phi) is 9.86. The molecule has 0 N–H and O–H groups in total. The normalized spacial score (nSPS) is 12.9. The minimum Gasteiger partial charge on any atom is -0.310 e. The van der Waals surface area contributed by atoms with Gasteiger partial charge in [-0.2, -0.15) is 0 Å². The van der Waals surface area contributed by atoms with Gasteiger partial charge in [-0.25, -0.2) is 0 Å². The third kappa shape index (κ3) is 6.84. The zero-order chi connectivity index (χ0) is 49.9. The lowest BCUT2D eigenvalue weighted by Crippen LogP contribution is -2.60. The molecule has 354 valence electrons. The van der Waals surface area contributed by atoms with Gasteiger partial charge in [0.15, 0.2) is 0 Å². The second-order valence-corrected chi connectivity index (χ2v) is 22.3. The minimum absolute atomic E-state index is 0.000344. The van der Waals surface area contributed by atoms with E-state index in [-0.39, 0.29) is 12.1 Å². The predicted octanol–water partition coefficient (Wildman–Crippen LogP) is 16.9. The van der Waals surface area contributed by atoms with Crippen LogP contribution in [0.4, 0.5) is 17.1 Å². The van der Waals surface area contributed by atoms with Crippen molar-refractivity contribution in [3.63, 3.8) is 0 Å². The van der Waals surface area contributed by atoms with E-state index in [1.807, 2.05) is 11.8 Å². The topological polar surface area (TPSA) is 13.1 Å². The van der Waals surface area contributed by atoms with Crippen LogP contribution in [0.2, 0.25) is 0 Å². The van der Waals surface area contributed by atoms with Crippen molar-refractivity contribution in [2.24, 2.45) is 0 Å². The first-order valence-electron chi connectivity index (χ1n) is 26.1. The van der Waals surface area contributed by atoms with Crippen molar-refractivity contribution in [1.82, 2.24) is 9.13 Å². The molecule has 0 bridgehead atoms. The molecule has 3 nitrogen and oxygen atoms in total. The molecule has 13 aromatic rings. The first-order valence-corrected chi connectivity index (χ1v) is 26.9. The van der Waals surface area contributed by atoms with Crippen LogP contribution in [0.5, 0.6) is 0 Å². The summed E-state index contributed by atoms with van der Waals surface area (Å²) in [4.78, 5) is 5.21. The summed E-state index contributed by atoms with van der Waals surface area (Å²) in [6, 6.07) is 93.0. The maximum absolute atomic E-state index is 2.65. The van der Waals surface area contributed by atoms with E-state index in [1.54, 1.807) is 0 Å². The summed E-state index contributed by atoms with van der Waals surface area (Å²) in [6.45, 7) is 6.87. The Morgan fingerprint density at radius 3 is 1.56 bits per heavy atom. The third-order valence-corrected chi connectivity index (χ3v) is 17.0. The smallest absolute Gasteiger partial charge is 0.249 e. The molecule has 4 heterocycles. The van der Waals surface area contributed by atoms with Crippen molar-refractivity contribution in [3.05, 3.63) is 254 Å². The van der Waals surface area contributed by atoms with Crippen LogP contribution < -0.4 is 21.3 Å². The van der Waals surface area contributed by atoms with Crippen LogP contribution in [0.25, 0.3) is 88.4 Å². The van der Waals surface area contributed by atoms with Crippen LogP contribution in [0.3, 0.4) is 0 Å². The van der Waals surface area contributed by atoms with Crippen molar-refractivity contribution in [2.75, 3.05) is 4.90 Å². The molecule has 0 saturated carbocycles. The van der Waals surface area contributed by atoms with E-state index in [0.29, 0.717) is 0 Å². The first-order chi connectivity index (χ1) is 36.9. The number of hydrogen-bond donors (Lipinski definition) is 0. The number of nitrogens with zero attached hydrogens (tertiary/aromatic N) is 3. The van der Waals surface area contributed by atoms with Gasteiger partial charge in [-0.15, -0.1) is 0 Å². The fourth-order valence-electron chi connectivity index (χ4n) is 12.4. The molecule has 2 aliphatic heterocycles. The van der Waals surface area contributed by atoms with Crippen LogP contribution in [0, 0.1) is 0 Å². The minimum atomic E-state index is -0.0698. The molecule has 2 aromatic heterocycles. The maximum atomic E-state index is 2.65. The molecule has 2 aliphatic rings. The van der Waals surface area contributed by atoms with Gasteiger partial charge in [0, 0.05) is 65.2 Å². The summed E-state index contributed by atoms with van der Waals surface area (Å²) >= 11 is 1.93. The Hall–Kier alpha value is -8.77. The highest BCUT2D eigenvalue weighted by Crippen LogP contribution is 2.51. The van der Waals surface area contributed by atoms with E-state index in [9.17, 15) is 0 Å². The lowest BCUT2D eigenvalue weighted by molar-refractivity contribution is 0.591. The van der Waals surface area contributed by atoms with E-state index < -0.39 is 0 Å². The molecule has 0 spiro atoms. The van der Waals surface area contributed by atoms with E-state index in [4.69, 9.17) is 0 Å². The maximum Gasteiger partial charge on any atom is 0.249 e. The van der Waals surface area contributed by atoms with E-state index in [2.05, 4.69) is 284 Å². The molecule has 15 rings (SSSR count). The summed E-state index contributed by atoms with van der Waals surface area (Å²) in [5, 5.41) is 5.05. The molecule has 11 aromatic carbocycles. The highest BCUT2D eigenvalue weighted by atomic mass is 32.2. The summed E-state index contributed by atoms with van der Waals surface area (Å²) in [7, 11) is 0. The number of fused-ring (bicyclic) bond motifs is 10. The quantitative estimate of drug-likeness (QED) is 0.154. The zero-order valence-electron chi connectivity index (χ0n) is 42.0. The number of hydrogen-bond acceptors (Lipinski definition) is 2. The molecule has 0 amide bonds. The van der Waals surface area contributed by atoms with Gasteiger partial charge in [0.1, 0.15) is 0 Å². The average Bonchev–Trinajstić information content (AvgIpc) is 3.98. The lowest BCUT2D eigenvalue weighted by Gasteiger charge is -2.42. The predicted molar refractivity (Wildman–Crippen MR) is 320 cm³/mol.